The minimum Gasteiger partial charge on any atom is -0.329 e. The third kappa shape index (κ3) is 9.17. The van der Waals surface area contributed by atoms with Crippen molar-refractivity contribution in [2.24, 2.45) is 5.73 Å². The number of piperazine rings is 2. The number of hydrogen-bond donors (Lipinski definition) is 2. The maximum atomic E-state index is 5.50. The third-order valence-corrected chi connectivity index (χ3v) is 9.35. The summed E-state index contributed by atoms with van der Waals surface area (Å²) in [6.07, 6.45) is 4.22. The van der Waals surface area contributed by atoms with E-state index in [4.69, 9.17) is 10.7 Å². The van der Waals surface area contributed by atoms with Crippen LogP contribution in [-0.2, 0) is 6.42 Å². The van der Waals surface area contributed by atoms with Gasteiger partial charge in [-0.2, -0.15) is 15.4 Å². The second kappa shape index (κ2) is 16.5. The van der Waals surface area contributed by atoms with E-state index in [9.17, 15) is 0 Å². The number of nitrogens with two attached hydrogens (primary N) is 1. The molecule has 3 aromatic heterocycles. The topological polar surface area (TPSA) is 106 Å². The van der Waals surface area contributed by atoms with Crippen molar-refractivity contribution in [3.63, 3.8) is 0 Å². The van der Waals surface area contributed by atoms with Crippen molar-refractivity contribution in [1.82, 2.24) is 45.0 Å². The van der Waals surface area contributed by atoms with Gasteiger partial charge in [-0.25, -0.2) is 0 Å². The predicted molar refractivity (Wildman–Crippen MR) is 189 cm³/mol. The number of pyridine rings is 2. The minimum atomic E-state index is 0.650. The van der Waals surface area contributed by atoms with E-state index < -0.39 is 0 Å². The largest absolute Gasteiger partial charge is 0.329 e. The number of benzene rings is 1. The molecule has 2 aliphatic rings. The van der Waals surface area contributed by atoms with E-state index in [1.165, 1.54) is 57.9 Å². The summed E-state index contributed by atoms with van der Waals surface area (Å²) >= 11 is 0. The van der Waals surface area contributed by atoms with Gasteiger partial charge < -0.3 is 10.6 Å². The monoisotopic (exact) mass is 626 g/mol. The van der Waals surface area contributed by atoms with Crippen LogP contribution in [0.5, 0.6) is 0 Å². The molecule has 0 atom stereocenters. The Labute approximate surface area is 275 Å². The zero-order valence-corrected chi connectivity index (χ0v) is 28.6. The molecule has 0 bridgehead atoms. The molecule has 10 nitrogen and oxygen atoms in total. The van der Waals surface area contributed by atoms with Crippen LogP contribution in [0.3, 0.4) is 0 Å². The quantitative estimate of drug-likeness (QED) is 0.266. The lowest BCUT2D eigenvalue weighted by molar-refractivity contribution is 0.108. The van der Waals surface area contributed by atoms with Crippen LogP contribution in [-0.4, -0.2) is 129 Å². The first-order valence-electron chi connectivity index (χ1n) is 17.2. The van der Waals surface area contributed by atoms with Crippen molar-refractivity contribution in [3.05, 3.63) is 59.9 Å². The number of nitrogens with one attached hydrogen (secondary N) is 1. The van der Waals surface area contributed by atoms with Gasteiger partial charge in [0.2, 0.25) is 0 Å². The highest BCUT2D eigenvalue weighted by Gasteiger charge is 2.19. The maximum Gasteiger partial charge on any atom is 0.139 e. The molecule has 0 aliphatic carbocycles. The highest BCUT2D eigenvalue weighted by Crippen LogP contribution is 2.29. The fourth-order valence-electron chi connectivity index (χ4n) is 6.44. The molecule has 46 heavy (non-hydrogen) atoms. The van der Waals surface area contributed by atoms with Crippen LogP contribution in [0.15, 0.2) is 48.7 Å². The molecule has 248 valence electrons. The summed E-state index contributed by atoms with van der Waals surface area (Å²) in [6, 6.07) is 15.9. The number of aryl methyl sites for hydroxylation is 2. The first kappa shape index (κ1) is 34.1. The Bertz CT molecular complexity index is 1500. The Hall–Kier alpha value is -3.28. The summed E-state index contributed by atoms with van der Waals surface area (Å²) in [5.41, 5.74) is 12.2. The van der Waals surface area contributed by atoms with E-state index in [0.717, 1.165) is 71.7 Å². The van der Waals surface area contributed by atoms with E-state index in [-0.39, 0.29) is 0 Å². The van der Waals surface area contributed by atoms with Gasteiger partial charge in [-0.05, 0) is 89.9 Å². The molecule has 0 saturated carbocycles. The van der Waals surface area contributed by atoms with Gasteiger partial charge in [0.1, 0.15) is 11.4 Å². The Balaban J connectivity index is 0.000000293. The number of aromatic amines is 1. The van der Waals surface area contributed by atoms with Crippen LogP contribution in [0.25, 0.3) is 33.5 Å². The van der Waals surface area contributed by atoms with Crippen LogP contribution in [0.1, 0.15) is 45.4 Å². The summed E-state index contributed by atoms with van der Waals surface area (Å²) in [5.74, 6) is 0. The highest BCUT2D eigenvalue weighted by atomic mass is 15.3. The normalized spacial score (nSPS) is 17.1. The molecule has 0 amide bonds. The van der Waals surface area contributed by atoms with Crippen molar-refractivity contribution in [2.45, 2.75) is 59.5 Å². The fraction of sp³-hybridized carbons (Fsp3) is 0.556. The molecule has 1 aromatic carbocycles. The lowest BCUT2D eigenvalue weighted by Gasteiger charge is -2.36. The fourth-order valence-corrected chi connectivity index (χ4v) is 6.44. The lowest BCUT2D eigenvalue weighted by Crippen LogP contribution is -2.49. The van der Waals surface area contributed by atoms with Crippen molar-refractivity contribution in [2.75, 3.05) is 72.0 Å². The number of nitrogens with zero attached hydrogens (tertiary/aromatic N) is 8. The van der Waals surface area contributed by atoms with Gasteiger partial charge in [-0.3, -0.25) is 24.7 Å². The second-order valence-corrected chi connectivity index (χ2v) is 13.3. The molecular weight excluding hydrogens is 572 g/mol. The lowest BCUT2D eigenvalue weighted by atomic mass is 10.0. The molecular formula is C36H54N10. The van der Waals surface area contributed by atoms with Crippen LogP contribution < -0.4 is 5.73 Å². The molecule has 2 fully saturated rings. The zero-order valence-electron chi connectivity index (χ0n) is 28.6. The summed E-state index contributed by atoms with van der Waals surface area (Å²) < 4.78 is 0. The Morgan fingerprint density at radius 1 is 0.783 bits per heavy atom. The van der Waals surface area contributed by atoms with Crippen LogP contribution in [0.2, 0.25) is 0 Å². The van der Waals surface area contributed by atoms with Crippen LogP contribution in [0.4, 0.5) is 0 Å². The van der Waals surface area contributed by atoms with Crippen molar-refractivity contribution in [1.29, 1.82) is 0 Å². The average molecular weight is 627 g/mol. The van der Waals surface area contributed by atoms with Crippen molar-refractivity contribution >= 4 is 10.9 Å². The number of rotatable bonds is 10. The number of fused-ring (bicyclic) bond motifs is 1. The van der Waals surface area contributed by atoms with E-state index in [1.807, 2.05) is 31.3 Å². The zero-order chi connectivity index (χ0) is 32.5. The summed E-state index contributed by atoms with van der Waals surface area (Å²) in [7, 11) is 0. The van der Waals surface area contributed by atoms with Gasteiger partial charge in [0.15, 0.2) is 0 Å². The van der Waals surface area contributed by atoms with Gasteiger partial charge in [-0.1, -0.05) is 12.1 Å². The average Bonchev–Trinajstić information content (AvgIpc) is 3.56. The first-order chi connectivity index (χ1) is 22.3. The highest BCUT2D eigenvalue weighted by molar-refractivity contribution is 5.86. The maximum absolute atomic E-state index is 5.50. The Kier molecular flexibility index (Phi) is 12.2. The predicted octanol–water partition coefficient (Wildman–Crippen LogP) is 4.32. The molecule has 6 rings (SSSR count). The molecule has 10 heteroatoms. The molecule has 0 unspecified atom stereocenters. The van der Waals surface area contributed by atoms with E-state index in [1.54, 1.807) is 0 Å². The number of H-pyrrole nitrogens is 1. The standard InChI is InChI=1S/C27H33N7.C9H21N3/c1-19(2)34-14-12-33(13-15-34)11-5-7-21-16-23-17-22(9-10-24(23)28-18-21)26-27(31-32-30-26)25-8-4-6-20(3)29-25;1-9(2)12-7-5-11(4-3-10)6-8-12/h4,6,8-10,16-19H,5,7,11-15H2,1-3H3,(H,30,31,32);9H,3-8,10H2,1-2H3. The summed E-state index contributed by atoms with van der Waals surface area (Å²) in [6.45, 7) is 23.6. The summed E-state index contributed by atoms with van der Waals surface area (Å²) in [4.78, 5) is 19.5. The SMILES string of the molecule is CC(C)N1CCN(CCN)CC1.Cc1cccc(-c2n[nH]nc2-c2ccc3ncc(CCCN4CCN(C(C)C)CC4)cc3c2)n1. The van der Waals surface area contributed by atoms with Crippen LogP contribution >= 0.6 is 0 Å². The minimum absolute atomic E-state index is 0.650. The van der Waals surface area contributed by atoms with Gasteiger partial charge in [0.25, 0.3) is 0 Å². The molecule has 4 aromatic rings. The first-order valence-corrected chi connectivity index (χ1v) is 17.2. The van der Waals surface area contributed by atoms with Gasteiger partial charge in [0, 0.05) is 100 Å². The van der Waals surface area contributed by atoms with E-state index in [0.29, 0.717) is 12.1 Å². The van der Waals surface area contributed by atoms with Gasteiger partial charge in [-0.15, -0.1) is 0 Å². The van der Waals surface area contributed by atoms with Gasteiger partial charge in [0.05, 0.1) is 11.2 Å². The molecule has 2 saturated heterocycles. The smallest absolute Gasteiger partial charge is 0.139 e. The van der Waals surface area contributed by atoms with E-state index in [2.05, 4.69) is 92.0 Å². The molecule has 5 heterocycles. The number of hydrogen-bond acceptors (Lipinski definition) is 9. The van der Waals surface area contributed by atoms with Crippen LogP contribution in [0, 0.1) is 6.92 Å². The molecule has 3 N–H and O–H groups in total. The van der Waals surface area contributed by atoms with Crippen molar-refractivity contribution < 1.29 is 0 Å². The van der Waals surface area contributed by atoms with E-state index >= 15 is 0 Å². The molecule has 0 spiro atoms. The Morgan fingerprint density at radius 3 is 2.07 bits per heavy atom. The number of aromatic nitrogens is 5. The molecule has 0 radical (unpaired) electrons. The van der Waals surface area contributed by atoms with Crippen molar-refractivity contribution in [3.8, 4) is 22.6 Å². The Morgan fingerprint density at radius 2 is 1.43 bits per heavy atom. The summed E-state index contributed by atoms with van der Waals surface area (Å²) in [5, 5.41) is 12.7. The van der Waals surface area contributed by atoms with Gasteiger partial charge >= 0.3 is 0 Å². The third-order valence-electron chi connectivity index (χ3n) is 9.35. The second-order valence-electron chi connectivity index (χ2n) is 13.3. The molecule has 2 aliphatic heterocycles.